The van der Waals surface area contributed by atoms with Crippen LogP contribution in [0.1, 0.15) is 10.4 Å². The van der Waals surface area contributed by atoms with Crippen LogP contribution in [0.25, 0.3) is 22.2 Å². The Morgan fingerprint density at radius 3 is 2.47 bits per heavy atom. The standard InChI is InChI=1S/C24H21N5O/c30-24(29-14-12-28(13-15-29)23-9-3-4-11-26-23)20-16-22(18-6-5-10-25-17-18)27-21-8-2-1-7-19(20)21/h1-11,16-17H,12-15H2. The fourth-order valence-electron chi connectivity index (χ4n) is 3.86. The molecule has 1 saturated heterocycles. The number of carbonyl (C=O) groups excluding carboxylic acids is 1. The average Bonchev–Trinajstić information content (AvgIpc) is 2.84. The van der Waals surface area contributed by atoms with Crippen molar-refractivity contribution in [3.63, 3.8) is 0 Å². The second-order valence-corrected chi connectivity index (χ2v) is 7.28. The molecule has 0 unspecified atom stereocenters. The molecule has 0 saturated carbocycles. The van der Waals surface area contributed by atoms with Crippen LogP contribution in [0.2, 0.25) is 0 Å². The van der Waals surface area contributed by atoms with Crippen LogP contribution in [0.5, 0.6) is 0 Å². The van der Waals surface area contributed by atoms with E-state index in [-0.39, 0.29) is 5.91 Å². The van der Waals surface area contributed by atoms with E-state index in [2.05, 4.69) is 14.9 Å². The number of para-hydroxylation sites is 1. The monoisotopic (exact) mass is 395 g/mol. The Morgan fingerprint density at radius 2 is 1.70 bits per heavy atom. The largest absolute Gasteiger partial charge is 0.353 e. The van der Waals surface area contributed by atoms with Gasteiger partial charge in [0.05, 0.1) is 16.8 Å². The predicted molar refractivity (Wildman–Crippen MR) is 117 cm³/mol. The number of piperazine rings is 1. The molecule has 0 radical (unpaired) electrons. The Kier molecular flexibility index (Phi) is 4.81. The first-order chi connectivity index (χ1) is 14.8. The van der Waals surface area contributed by atoms with Gasteiger partial charge in [-0.2, -0.15) is 0 Å². The Morgan fingerprint density at radius 1 is 0.867 bits per heavy atom. The van der Waals surface area contributed by atoms with Crippen molar-refractivity contribution in [3.8, 4) is 11.3 Å². The van der Waals surface area contributed by atoms with Gasteiger partial charge >= 0.3 is 0 Å². The Labute approximate surface area is 174 Å². The molecule has 1 fully saturated rings. The first-order valence-corrected chi connectivity index (χ1v) is 10.0. The summed E-state index contributed by atoms with van der Waals surface area (Å²) < 4.78 is 0. The fraction of sp³-hybridized carbons (Fsp3) is 0.167. The third-order valence-electron chi connectivity index (χ3n) is 5.44. The molecule has 148 valence electrons. The molecule has 0 spiro atoms. The molecule has 1 aliphatic heterocycles. The van der Waals surface area contributed by atoms with E-state index in [4.69, 9.17) is 4.98 Å². The van der Waals surface area contributed by atoms with Gasteiger partial charge in [-0.3, -0.25) is 9.78 Å². The van der Waals surface area contributed by atoms with Crippen molar-refractivity contribution in [2.24, 2.45) is 0 Å². The molecule has 6 heteroatoms. The molecule has 6 nitrogen and oxygen atoms in total. The lowest BCUT2D eigenvalue weighted by Gasteiger charge is -2.35. The summed E-state index contributed by atoms with van der Waals surface area (Å²) in [5.41, 5.74) is 3.16. The van der Waals surface area contributed by atoms with E-state index < -0.39 is 0 Å². The van der Waals surface area contributed by atoms with Crippen LogP contribution in [0.4, 0.5) is 5.82 Å². The lowest BCUT2D eigenvalue weighted by atomic mass is 10.0. The molecular weight excluding hydrogens is 374 g/mol. The summed E-state index contributed by atoms with van der Waals surface area (Å²) in [6.07, 6.45) is 5.31. The van der Waals surface area contributed by atoms with Crippen LogP contribution in [0, 0.1) is 0 Å². The molecule has 5 rings (SSSR count). The van der Waals surface area contributed by atoms with E-state index in [0.717, 1.165) is 41.1 Å². The predicted octanol–water partition coefficient (Wildman–Crippen LogP) is 3.65. The molecule has 30 heavy (non-hydrogen) atoms. The van der Waals surface area contributed by atoms with Gasteiger partial charge in [0.1, 0.15) is 5.82 Å². The summed E-state index contributed by atoms with van der Waals surface area (Å²) in [4.78, 5) is 31.0. The number of nitrogens with zero attached hydrogens (tertiary/aromatic N) is 5. The van der Waals surface area contributed by atoms with E-state index in [0.29, 0.717) is 18.7 Å². The minimum Gasteiger partial charge on any atom is -0.353 e. The number of hydrogen-bond donors (Lipinski definition) is 0. The topological polar surface area (TPSA) is 62.2 Å². The van der Waals surface area contributed by atoms with Gasteiger partial charge in [-0.15, -0.1) is 0 Å². The van der Waals surface area contributed by atoms with Crippen LogP contribution in [-0.2, 0) is 0 Å². The minimum absolute atomic E-state index is 0.0411. The summed E-state index contributed by atoms with van der Waals surface area (Å²) >= 11 is 0. The van der Waals surface area contributed by atoms with Crippen LogP contribution in [0.3, 0.4) is 0 Å². The van der Waals surface area contributed by atoms with Crippen LogP contribution in [-0.4, -0.2) is 51.9 Å². The maximum atomic E-state index is 13.5. The Bertz CT molecular complexity index is 1170. The van der Waals surface area contributed by atoms with Crippen LogP contribution < -0.4 is 4.90 Å². The molecule has 3 aromatic heterocycles. The highest BCUT2D eigenvalue weighted by Crippen LogP contribution is 2.26. The first-order valence-electron chi connectivity index (χ1n) is 10.0. The highest BCUT2D eigenvalue weighted by Gasteiger charge is 2.24. The van der Waals surface area contributed by atoms with Gasteiger partial charge in [-0.25, -0.2) is 9.97 Å². The minimum atomic E-state index is 0.0411. The molecule has 1 aliphatic rings. The van der Waals surface area contributed by atoms with Gasteiger partial charge in [0.2, 0.25) is 0 Å². The number of fused-ring (bicyclic) bond motifs is 1. The molecule has 1 amide bonds. The molecule has 4 heterocycles. The summed E-state index contributed by atoms with van der Waals surface area (Å²) in [6, 6.07) is 19.5. The van der Waals surface area contributed by atoms with Gasteiger partial charge in [0.25, 0.3) is 5.91 Å². The van der Waals surface area contributed by atoms with Crippen LogP contribution in [0.15, 0.2) is 79.3 Å². The zero-order chi connectivity index (χ0) is 20.3. The third-order valence-corrected chi connectivity index (χ3v) is 5.44. The summed E-state index contributed by atoms with van der Waals surface area (Å²) in [7, 11) is 0. The molecular formula is C24H21N5O. The zero-order valence-electron chi connectivity index (χ0n) is 16.5. The van der Waals surface area contributed by atoms with Gasteiger partial charge in [-0.05, 0) is 36.4 Å². The smallest absolute Gasteiger partial charge is 0.254 e. The van der Waals surface area contributed by atoms with E-state index in [9.17, 15) is 4.79 Å². The molecule has 4 aromatic rings. The zero-order valence-corrected chi connectivity index (χ0v) is 16.5. The normalized spacial score (nSPS) is 14.1. The van der Waals surface area contributed by atoms with Crippen molar-refractivity contribution in [2.75, 3.05) is 31.1 Å². The number of aromatic nitrogens is 3. The number of pyridine rings is 3. The second kappa shape index (κ2) is 7.91. The quantitative estimate of drug-likeness (QED) is 0.530. The maximum Gasteiger partial charge on any atom is 0.254 e. The van der Waals surface area contributed by atoms with Gasteiger partial charge < -0.3 is 9.80 Å². The first kappa shape index (κ1) is 18.2. The Balaban J connectivity index is 1.45. The van der Waals surface area contributed by atoms with E-state index in [1.54, 1.807) is 18.6 Å². The fourth-order valence-corrected chi connectivity index (χ4v) is 3.86. The van der Waals surface area contributed by atoms with Crippen LogP contribution >= 0.6 is 0 Å². The van der Waals surface area contributed by atoms with E-state index in [1.165, 1.54) is 0 Å². The van der Waals surface area contributed by atoms with Gasteiger partial charge in [0.15, 0.2) is 0 Å². The molecule has 0 atom stereocenters. The molecule has 0 bridgehead atoms. The number of benzene rings is 1. The second-order valence-electron chi connectivity index (χ2n) is 7.28. The van der Waals surface area contributed by atoms with Crippen molar-refractivity contribution < 1.29 is 4.79 Å². The third kappa shape index (κ3) is 3.48. The van der Waals surface area contributed by atoms with Crippen molar-refractivity contribution in [3.05, 3.63) is 84.8 Å². The van der Waals surface area contributed by atoms with Crippen molar-refractivity contribution in [1.29, 1.82) is 0 Å². The van der Waals surface area contributed by atoms with Crippen molar-refractivity contribution >= 4 is 22.6 Å². The van der Waals surface area contributed by atoms with Gasteiger partial charge in [0, 0.05) is 55.7 Å². The van der Waals surface area contributed by atoms with Crippen molar-refractivity contribution in [2.45, 2.75) is 0 Å². The number of amides is 1. The Hall–Kier alpha value is -3.80. The summed E-state index contributed by atoms with van der Waals surface area (Å²) in [6.45, 7) is 2.85. The van der Waals surface area contributed by atoms with E-state index in [1.807, 2.05) is 65.6 Å². The van der Waals surface area contributed by atoms with E-state index >= 15 is 0 Å². The highest BCUT2D eigenvalue weighted by atomic mass is 16.2. The molecule has 1 aromatic carbocycles. The lowest BCUT2D eigenvalue weighted by molar-refractivity contribution is 0.0748. The SMILES string of the molecule is O=C(c1cc(-c2cccnc2)nc2ccccc12)N1CCN(c2ccccn2)CC1. The lowest BCUT2D eigenvalue weighted by Crippen LogP contribution is -2.49. The number of anilines is 1. The summed E-state index contributed by atoms with van der Waals surface area (Å²) in [5, 5.41) is 0.877. The molecule has 0 N–H and O–H groups in total. The molecule has 0 aliphatic carbocycles. The van der Waals surface area contributed by atoms with Gasteiger partial charge in [-0.1, -0.05) is 24.3 Å². The average molecular weight is 395 g/mol. The number of carbonyl (C=O) groups is 1. The van der Waals surface area contributed by atoms with Crippen molar-refractivity contribution in [1.82, 2.24) is 19.9 Å². The number of rotatable bonds is 3. The number of hydrogen-bond acceptors (Lipinski definition) is 5. The maximum absolute atomic E-state index is 13.5. The highest BCUT2D eigenvalue weighted by molar-refractivity contribution is 6.07. The summed E-state index contributed by atoms with van der Waals surface area (Å²) in [5.74, 6) is 0.997.